The number of pyridine rings is 1. The minimum Gasteiger partial charge on any atom is -0.324 e. The summed E-state index contributed by atoms with van der Waals surface area (Å²) in [4.78, 5) is 28.4. The molecule has 0 aliphatic carbocycles. The van der Waals surface area contributed by atoms with Gasteiger partial charge in [-0.3, -0.25) is 14.6 Å². The van der Waals surface area contributed by atoms with Crippen molar-refractivity contribution in [1.29, 1.82) is 0 Å². The minimum atomic E-state index is -0.231. The van der Waals surface area contributed by atoms with Gasteiger partial charge in [0.05, 0.1) is 23.3 Å². The summed E-state index contributed by atoms with van der Waals surface area (Å²) < 4.78 is 0. The smallest absolute Gasteiger partial charge is 0.255 e. The zero-order valence-electron chi connectivity index (χ0n) is 10.4. The molecule has 6 heteroatoms. The maximum Gasteiger partial charge on any atom is 0.255 e. The SMILES string of the molecule is O=C1CSc2ccc(C(=O)Nc3cccnc3)cc2N1. The van der Waals surface area contributed by atoms with E-state index in [-0.39, 0.29) is 11.8 Å². The maximum absolute atomic E-state index is 12.1. The Bertz CT molecular complexity index is 673. The largest absolute Gasteiger partial charge is 0.324 e. The van der Waals surface area contributed by atoms with Crippen LogP contribution in [0, 0.1) is 0 Å². The molecule has 0 saturated carbocycles. The van der Waals surface area contributed by atoms with Crippen molar-refractivity contribution in [2.24, 2.45) is 0 Å². The van der Waals surface area contributed by atoms with Crippen LogP contribution in [-0.4, -0.2) is 22.6 Å². The van der Waals surface area contributed by atoms with E-state index in [9.17, 15) is 9.59 Å². The van der Waals surface area contributed by atoms with Gasteiger partial charge < -0.3 is 10.6 Å². The monoisotopic (exact) mass is 285 g/mol. The summed E-state index contributed by atoms with van der Waals surface area (Å²) >= 11 is 1.47. The number of nitrogens with zero attached hydrogens (tertiary/aromatic N) is 1. The van der Waals surface area contributed by atoms with Crippen molar-refractivity contribution in [2.75, 3.05) is 16.4 Å². The molecule has 1 aromatic heterocycles. The standard InChI is InChI=1S/C14H11N3O2S/c18-13-8-20-12-4-3-9(6-11(12)17-13)14(19)16-10-2-1-5-15-7-10/h1-7H,8H2,(H,16,19)(H,17,18). The molecule has 0 radical (unpaired) electrons. The number of carbonyl (C=O) groups excluding carboxylic acids is 2. The van der Waals surface area contributed by atoms with E-state index in [0.29, 0.717) is 22.7 Å². The zero-order valence-corrected chi connectivity index (χ0v) is 11.2. The molecule has 3 rings (SSSR count). The lowest BCUT2D eigenvalue weighted by Gasteiger charge is -2.16. The first-order valence-electron chi connectivity index (χ1n) is 6.00. The lowest BCUT2D eigenvalue weighted by atomic mass is 10.1. The molecule has 0 atom stereocenters. The third-order valence-corrected chi connectivity index (χ3v) is 3.87. The molecule has 0 saturated heterocycles. The fourth-order valence-electron chi connectivity index (χ4n) is 1.86. The highest BCUT2D eigenvalue weighted by molar-refractivity contribution is 8.00. The van der Waals surface area contributed by atoms with E-state index in [2.05, 4.69) is 15.6 Å². The summed E-state index contributed by atoms with van der Waals surface area (Å²) in [6.45, 7) is 0. The Labute approximate surface area is 119 Å². The van der Waals surface area contributed by atoms with Crippen molar-refractivity contribution in [1.82, 2.24) is 4.98 Å². The molecule has 0 spiro atoms. The molecular formula is C14H11N3O2S. The van der Waals surface area contributed by atoms with Gasteiger partial charge in [-0.1, -0.05) is 0 Å². The summed E-state index contributed by atoms with van der Waals surface area (Å²) in [7, 11) is 0. The fourth-order valence-corrected chi connectivity index (χ4v) is 2.65. The molecule has 2 amide bonds. The van der Waals surface area contributed by atoms with E-state index in [1.54, 1.807) is 36.7 Å². The number of rotatable bonds is 2. The van der Waals surface area contributed by atoms with Gasteiger partial charge in [-0.15, -0.1) is 11.8 Å². The van der Waals surface area contributed by atoms with E-state index in [1.165, 1.54) is 11.8 Å². The Hall–Kier alpha value is -2.34. The molecule has 2 N–H and O–H groups in total. The van der Waals surface area contributed by atoms with Crippen LogP contribution in [0.15, 0.2) is 47.6 Å². The minimum absolute atomic E-state index is 0.0488. The lowest BCUT2D eigenvalue weighted by molar-refractivity contribution is -0.113. The number of fused-ring (bicyclic) bond motifs is 1. The van der Waals surface area contributed by atoms with E-state index >= 15 is 0 Å². The number of thioether (sulfide) groups is 1. The molecule has 2 heterocycles. The molecular weight excluding hydrogens is 274 g/mol. The molecule has 100 valence electrons. The second-order valence-electron chi connectivity index (χ2n) is 4.24. The Morgan fingerprint density at radius 2 is 2.25 bits per heavy atom. The number of benzene rings is 1. The average Bonchev–Trinajstić information content (AvgIpc) is 2.47. The molecule has 5 nitrogen and oxygen atoms in total. The number of hydrogen-bond donors (Lipinski definition) is 2. The summed E-state index contributed by atoms with van der Waals surface area (Å²) in [5, 5.41) is 5.52. The highest BCUT2D eigenvalue weighted by Gasteiger charge is 2.17. The van der Waals surface area contributed by atoms with Crippen LogP contribution in [0.4, 0.5) is 11.4 Å². The van der Waals surface area contributed by atoms with Crippen LogP contribution >= 0.6 is 11.8 Å². The number of anilines is 2. The van der Waals surface area contributed by atoms with E-state index in [0.717, 1.165) is 4.90 Å². The Balaban J connectivity index is 1.82. The van der Waals surface area contributed by atoms with Gasteiger partial charge in [0.1, 0.15) is 0 Å². The summed E-state index contributed by atoms with van der Waals surface area (Å²) in [5.74, 6) is 0.131. The molecule has 20 heavy (non-hydrogen) atoms. The number of amides is 2. The maximum atomic E-state index is 12.1. The van der Waals surface area contributed by atoms with Gasteiger partial charge in [0.25, 0.3) is 5.91 Å². The van der Waals surface area contributed by atoms with Crippen LogP contribution in [-0.2, 0) is 4.79 Å². The second-order valence-corrected chi connectivity index (χ2v) is 5.26. The van der Waals surface area contributed by atoms with Crippen molar-refractivity contribution in [2.45, 2.75) is 4.90 Å². The molecule has 1 aliphatic heterocycles. The fraction of sp³-hybridized carbons (Fsp3) is 0.0714. The second kappa shape index (κ2) is 5.34. The molecule has 1 aromatic carbocycles. The van der Waals surface area contributed by atoms with Crippen LogP contribution in [0.2, 0.25) is 0 Å². The topological polar surface area (TPSA) is 71.1 Å². The summed E-state index contributed by atoms with van der Waals surface area (Å²) in [5.41, 5.74) is 1.81. The van der Waals surface area contributed by atoms with Crippen molar-refractivity contribution in [3.8, 4) is 0 Å². The first-order valence-corrected chi connectivity index (χ1v) is 6.99. The van der Waals surface area contributed by atoms with Gasteiger partial charge in [-0.05, 0) is 30.3 Å². The Morgan fingerprint density at radius 3 is 3.05 bits per heavy atom. The molecule has 0 bridgehead atoms. The van der Waals surface area contributed by atoms with E-state index in [4.69, 9.17) is 0 Å². The number of carbonyl (C=O) groups is 2. The van der Waals surface area contributed by atoms with Crippen LogP contribution in [0.1, 0.15) is 10.4 Å². The Morgan fingerprint density at radius 1 is 1.35 bits per heavy atom. The number of aromatic nitrogens is 1. The average molecular weight is 285 g/mol. The van der Waals surface area contributed by atoms with Crippen molar-refractivity contribution in [3.05, 3.63) is 48.3 Å². The number of nitrogens with one attached hydrogen (secondary N) is 2. The first-order chi connectivity index (χ1) is 9.72. The van der Waals surface area contributed by atoms with Crippen molar-refractivity contribution >= 4 is 35.0 Å². The van der Waals surface area contributed by atoms with Crippen LogP contribution in [0.3, 0.4) is 0 Å². The third kappa shape index (κ3) is 2.65. The molecule has 0 fully saturated rings. The summed E-state index contributed by atoms with van der Waals surface area (Å²) in [6.07, 6.45) is 3.22. The third-order valence-electron chi connectivity index (χ3n) is 2.79. The molecule has 0 unspecified atom stereocenters. The summed E-state index contributed by atoms with van der Waals surface area (Å²) in [6, 6.07) is 8.79. The van der Waals surface area contributed by atoms with E-state index in [1.807, 2.05) is 6.07 Å². The predicted molar refractivity (Wildman–Crippen MR) is 78.0 cm³/mol. The van der Waals surface area contributed by atoms with Crippen molar-refractivity contribution < 1.29 is 9.59 Å². The van der Waals surface area contributed by atoms with Gasteiger partial charge in [-0.25, -0.2) is 0 Å². The Kier molecular flexibility index (Phi) is 3.39. The van der Waals surface area contributed by atoms with Crippen LogP contribution < -0.4 is 10.6 Å². The predicted octanol–water partition coefficient (Wildman–Crippen LogP) is 2.38. The van der Waals surface area contributed by atoms with Crippen LogP contribution in [0.5, 0.6) is 0 Å². The van der Waals surface area contributed by atoms with Gasteiger partial charge in [-0.2, -0.15) is 0 Å². The van der Waals surface area contributed by atoms with E-state index < -0.39 is 0 Å². The van der Waals surface area contributed by atoms with Gasteiger partial charge in [0, 0.05) is 16.7 Å². The molecule has 1 aliphatic rings. The van der Waals surface area contributed by atoms with Crippen molar-refractivity contribution in [3.63, 3.8) is 0 Å². The van der Waals surface area contributed by atoms with Crippen LogP contribution in [0.25, 0.3) is 0 Å². The van der Waals surface area contributed by atoms with Gasteiger partial charge in [0.15, 0.2) is 0 Å². The first kappa shape index (κ1) is 12.7. The normalized spacial score (nSPS) is 13.3. The zero-order chi connectivity index (χ0) is 13.9. The van der Waals surface area contributed by atoms with Gasteiger partial charge in [0.2, 0.25) is 5.91 Å². The highest BCUT2D eigenvalue weighted by atomic mass is 32.2. The quantitative estimate of drug-likeness (QED) is 0.888. The van der Waals surface area contributed by atoms with Gasteiger partial charge >= 0.3 is 0 Å². The highest BCUT2D eigenvalue weighted by Crippen LogP contribution is 2.32. The lowest BCUT2D eigenvalue weighted by Crippen LogP contribution is -2.19. The number of hydrogen-bond acceptors (Lipinski definition) is 4. The molecule has 2 aromatic rings.